The standard InChI is InChI=1S/C17H13BrN2O3/c1-11(23-17(22)12-6-8-14(18)9-7-12)16(21)20-15-5-3-2-4-13(15)10-19/h2-9,11H,1H3,(H,20,21). The van der Waals surface area contributed by atoms with Gasteiger partial charge in [0.25, 0.3) is 5.91 Å². The minimum Gasteiger partial charge on any atom is -0.449 e. The lowest BCUT2D eigenvalue weighted by atomic mass is 10.2. The molecule has 1 unspecified atom stereocenters. The average molecular weight is 373 g/mol. The highest BCUT2D eigenvalue weighted by atomic mass is 79.9. The van der Waals surface area contributed by atoms with Gasteiger partial charge in [-0.25, -0.2) is 4.79 Å². The molecule has 0 heterocycles. The van der Waals surface area contributed by atoms with Gasteiger partial charge >= 0.3 is 5.97 Å². The fraction of sp³-hybridized carbons (Fsp3) is 0.118. The van der Waals surface area contributed by atoms with Crippen LogP contribution < -0.4 is 5.32 Å². The van der Waals surface area contributed by atoms with Crippen molar-refractivity contribution < 1.29 is 14.3 Å². The Balaban J connectivity index is 2.01. The van der Waals surface area contributed by atoms with Crippen molar-refractivity contribution in [2.24, 2.45) is 0 Å². The number of esters is 1. The molecule has 0 saturated heterocycles. The Morgan fingerprint density at radius 3 is 2.48 bits per heavy atom. The quantitative estimate of drug-likeness (QED) is 0.832. The van der Waals surface area contributed by atoms with Crippen molar-refractivity contribution in [3.63, 3.8) is 0 Å². The first-order chi connectivity index (χ1) is 11.0. The van der Waals surface area contributed by atoms with E-state index in [1.54, 1.807) is 48.5 Å². The second kappa shape index (κ2) is 7.56. The van der Waals surface area contributed by atoms with Gasteiger partial charge < -0.3 is 10.1 Å². The first kappa shape index (κ1) is 16.7. The van der Waals surface area contributed by atoms with E-state index in [1.807, 2.05) is 6.07 Å². The maximum atomic E-state index is 12.1. The zero-order valence-electron chi connectivity index (χ0n) is 12.2. The SMILES string of the molecule is CC(OC(=O)c1ccc(Br)cc1)C(=O)Nc1ccccc1C#N. The molecule has 0 saturated carbocycles. The third-order valence-electron chi connectivity index (χ3n) is 3.04. The number of nitriles is 1. The fourth-order valence-electron chi connectivity index (χ4n) is 1.79. The van der Waals surface area contributed by atoms with Crippen LogP contribution in [0, 0.1) is 11.3 Å². The zero-order chi connectivity index (χ0) is 16.8. The van der Waals surface area contributed by atoms with E-state index in [2.05, 4.69) is 21.2 Å². The van der Waals surface area contributed by atoms with Crippen LogP contribution in [0.15, 0.2) is 53.0 Å². The van der Waals surface area contributed by atoms with Crippen molar-refractivity contribution in [1.82, 2.24) is 0 Å². The van der Waals surface area contributed by atoms with E-state index in [9.17, 15) is 9.59 Å². The molecule has 6 heteroatoms. The third kappa shape index (κ3) is 4.41. The van der Waals surface area contributed by atoms with Crippen molar-refractivity contribution in [3.05, 3.63) is 64.1 Å². The Morgan fingerprint density at radius 1 is 1.17 bits per heavy atom. The van der Waals surface area contributed by atoms with Crippen LogP contribution in [0.2, 0.25) is 0 Å². The Morgan fingerprint density at radius 2 is 1.83 bits per heavy atom. The molecule has 2 aromatic rings. The van der Waals surface area contributed by atoms with Crippen molar-refractivity contribution in [1.29, 1.82) is 5.26 Å². The summed E-state index contributed by atoms with van der Waals surface area (Å²) in [5.74, 6) is -1.09. The highest BCUT2D eigenvalue weighted by Gasteiger charge is 2.19. The Labute approximate surface area is 142 Å². The molecule has 2 rings (SSSR count). The van der Waals surface area contributed by atoms with Crippen molar-refractivity contribution in [3.8, 4) is 6.07 Å². The van der Waals surface area contributed by atoms with Crippen LogP contribution in [0.5, 0.6) is 0 Å². The molecule has 2 aromatic carbocycles. The molecule has 0 aliphatic heterocycles. The van der Waals surface area contributed by atoms with Crippen LogP contribution in [0.3, 0.4) is 0 Å². The van der Waals surface area contributed by atoms with Gasteiger partial charge in [-0.1, -0.05) is 28.1 Å². The molecular formula is C17H13BrN2O3. The number of nitrogens with one attached hydrogen (secondary N) is 1. The van der Waals surface area contributed by atoms with Crippen molar-refractivity contribution >= 4 is 33.5 Å². The number of carbonyl (C=O) groups excluding carboxylic acids is 2. The molecule has 0 bridgehead atoms. The van der Waals surface area contributed by atoms with E-state index < -0.39 is 18.0 Å². The molecule has 116 valence electrons. The molecule has 1 N–H and O–H groups in total. The van der Waals surface area contributed by atoms with E-state index in [0.717, 1.165) is 4.47 Å². The lowest BCUT2D eigenvalue weighted by Gasteiger charge is -2.14. The van der Waals surface area contributed by atoms with Gasteiger partial charge in [0.1, 0.15) is 6.07 Å². The second-order valence-electron chi connectivity index (χ2n) is 4.70. The molecular weight excluding hydrogens is 360 g/mol. The van der Waals surface area contributed by atoms with Gasteiger partial charge in [0.2, 0.25) is 0 Å². The summed E-state index contributed by atoms with van der Waals surface area (Å²) in [4.78, 5) is 24.1. The van der Waals surface area contributed by atoms with Crippen LogP contribution in [-0.4, -0.2) is 18.0 Å². The number of nitrogens with zero attached hydrogens (tertiary/aromatic N) is 1. The monoisotopic (exact) mass is 372 g/mol. The first-order valence-electron chi connectivity index (χ1n) is 6.78. The summed E-state index contributed by atoms with van der Waals surface area (Å²) in [6, 6.07) is 15.2. The molecule has 0 spiro atoms. The fourth-order valence-corrected chi connectivity index (χ4v) is 2.06. The largest absolute Gasteiger partial charge is 0.449 e. The van der Waals surface area contributed by atoms with E-state index in [4.69, 9.17) is 10.00 Å². The predicted molar refractivity (Wildman–Crippen MR) is 88.8 cm³/mol. The first-order valence-corrected chi connectivity index (χ1v) is 7.57. The van der Waals surface area contributed by atoms with Gasteiger partial charge in [0.05, 0.1) is 16.8 Å². The number of benzene rings is 2. The van der Waals surface area contributed by atoms with Crippen LogP contribution in [0.1, 0.15) is 22.8 Å². The molecule has 23 heavy (non-hydrogen) atoms. The number of ether oxygens (including phenoxy) is 1. The minimum atomic E-state index is -0.988. The Bertz CT molecular complexity index is 766. The van der Waals surface area contributed by atoms with Gasteiger partial charge in [0.15, 0.2) is 6.10 Å². The Kier molecular flexibility index (Phi) is 5.50. The molecule has 0 fully saturated rings. The number of hydrogen-bond acceptors (Lipinski definition) is 4. The van der Waals surface area contributed by atoms with Crippen LogP contribution >= 0.6 is 15.9 Å². The Hall–Kier alpha value is -2.65. The predicted octanol–water partition coefficient (Wildman–Crippen LogP) is 3.50. The van der Waals surface area contributed by atoms with Crippen LogP contribution in [0.4, 0.5) is 5.69 Å². The molecule has 5 nitrogen and oxygen atoms in total. The topological polar surface area (TPSA) is 79.2 Å². The number of hydrogen-bond donors (Lipinski definition) is 1. The molecule has 0 radical (unpaired) electrons. The second-order valence-corrected chi connectivity index (χ2v) is 5.62. The van der Waals surface area contributed by atoms with E-state index in [1.165, 1.54) is 6.92 Å². The summed E-state index contributed by atoms with van der Waals surface area (Å²) >= 11 is 3.28. The summed E-state index contributed by atoms with van der Waals surface area (Å²) in [6.45, 7) is 1.47. The molecule has 0 aromatic heterocycles. The summed E-state index contributed by atoms with van der Waals surface area (Å²) in [5.41, 5.74) is 1.07. The number of amides is 1. The maximum absolute atomic E-state index is 12.1. The summed E-state index contributed by atoms with van der Waals surface area (Å²) < 4.78 is 5.98. The molecule has 1 atom stereocenters. The zero-order valence-corrected chi connectivity index (χ0v) is 13.8. The van der Waals surface area contributed by atoms with E-state index in [0.29, 0.717) is 16.8 Å². The van der Waals surface area contributed by atoms with Gasteiger partial charge in [0, 0.05) is 4.47 Å². The van der Waals surface area contributed by atoms with Gasteiger partial charge in [-0.3, -0.25) is 4.79 Å². The highest BCUT2D eigenvalue weighted by Crippen LogP contribution is 2.15. The molecule has 0 aliphatic rings. The van der Waals surface area contributed by atoms with Crippen LogP contribution in [0.25, 0.3) is 0 Å². The number of rotatable bonds is 4. The van der Waals surface area contributed by atoms with Gasteiger partial charge in [-0.15, -0.1) is 0 Å². The highest BCUT2D eigenvalue weighted by molar-refractivity contribution is 9.10. The molecule has 0 aliphatic carbocycles. The number of halogens is 1. The normalized spacial score (nSPS) is 11.2. The lowest BCUT2D eigenvalue weighted by molar-refractivity contribution is -0.123. The van der Waals surface area contributed by atoms with E-state index >= 15 is 0 Å². The number of para-hydroxylation sites is 1. The summed E-state index contributed by atoms with van der Waals surface area (Å²) in [6.07, 6.45) is -0.988. The summed E-state index contributed by atoms with van der Waals surface area (Å²) in [7, 11) is 0. The average Bonchev–Trinajstić information content (AvgIpc) is 2.55. The van der Waals surface area contributed by atoms with Gasteiger partial charge in [-0.05, 0) is 43.3 Å². The summed E-state index contributed by atoms with van der Waals surface area (Å²) in [5, 5.41) is 11.6. The smallest absolute Gasteiger partial charge is 0.338 e. The third-order valence-corrected chi connectivity index (χ3v) is 3.57. The van der Waals surface area contributed by atoms with E-state index in [-0.39, 0.29) is 0 Å². The van der Waals surface area contributed by atoms with Gasteiger partial charge in [-0.2, -0.15) is 5.26 Å². The van der Waals surface area contributed by atoms with Crippen molar-refractivity contribution in [2.45, 2.75) is 13.0 Å². The van der Waals surface area contributed by atoms with Crippen LogP contribution in [-0.2, 0) is 9.53 Å². The minimum absolute atomic E-state index is 0.340. The molecule has 1 amide bonds. The number of carbonyl (C=O) groups is 2. The lowest BCUT2D eigenvalue weighted by Crippen LogP contribution is -2.30. The number of anilines is 1. The van der Waals surface area contributed by atoms with Crippen molar-refractivity contribution in [2.75, 3.05) is 5.32 Å². The maximum Gasteiger partial charge on any atom is 0.338 e.